The van der Waals surface area contributed by atoms with E-state index in [-0.39, 0.29) is 11.7 Å². The molecule has 0 aliphatic heterocycles. The zero-order chi connectivity index (χ0) is 13.0. The van der Waals surface area contributed by atoms with Gasteiger partial charge in [-0.05, 0) is 13.3 Å². The molecular formula is C13H27NO2. The molecule has 0 saturated heterocycles. The summed E-state index contributed by atoms with van der Waals surface area (Å²) in [6.45, 7) is 8.42. The highest BCUT2D eigenvalue weighted by Crippen LogP contribution is 1.97. The number of unbranched alkanes of at least 4 members (excludes halogenated alkanes) is 2. The fourth-order valence-corrected chi connectivity index (χ4v) is 0.994. The van der Waals surface area contributed by atoms with Crippen LogP contribution < -0.4 is 0 Å². The van der Waals surface area contributed by atoms with Crippen LogP contribution in [0.4, 0.5) is 0 Å². The lowest BCUT2D eigenvalue weighted by Crippen LogP contribution is -2.26. The quantitative estimate of drug-likeness (QED) is 0.656. The molecule has 0 spiro atoms. The van der Waals surface area contributed by atoms with Gasteiger partial charge in [0.1, 0.15) is 5.78 Å². The van der Waals surface area contributed by atoms with Gasteiger partial charge >= 0.3 is 0 Å². The zero-order valence-corrected chi connectivity index (χ0v) is 11.5. The molecule has 0 fully saturated rings. The Bertz CT molecular complexity index is 190. The Morgan fingerprint density at radius 1 is 1.00 bits per heavy atom. The zero-order valence-electron chi connectivity index (χ0n) is 11.5. The van der Waals surface area contributed by atoms with Gasteiger partial charge in [0.25, 0.3) is 0 Å². The summed E-state index contributed by atoms with van der Waals surface area (Å²) in [5, 5.41) is 0. The summed E-state index contributed by atoms with van der Waals surface area (Å²) in [5.74, 6) is 0.506. The maximum absolute atomic E-state index is 11.0. The molecule has 0 aliphatic rings. The predicted molar refractivity (Wildman–Crippen MR) is 68.4 cm³/mol. The molecule has 96 valence electrons. The van der Waals surface area contributed by atoms with Gasteiger partial charge < -0.3 is 9.69 Å². The van der Waals surface area contributed by atoms with Gasteiger partial charge in [-0.25, -0.2) is 0 Å². The Kier molecular flexibility index (Phi) is 13.4. The summed E-state index contributed by atoms with van der Waals surface area (Å²) in [6, 6.07) is 0. The average Bonchev–Trinajstić information content (AvgIpc) is 2.28. The molecule has 0 unspecified atom stereocenters. The van der Waals surface area contributed by atoms with E-state index in [2.05, 4.69) is 6.92 Å². The van der Waals surface area contributed by atoms with Gasteiger partial charge in [0.2, 0.25) is 5.91 Å². The third-order valence-corrected chi connectivity index (χ3v) is 2.32. The number of rotatable bonds is 6. The number of hydrogen-bond acceptors (Lipinski definition) is 2. The van der Waals surface area contributed by atoms with Crippen molar-refractivity contribution in [2.75, 3.05) is 13.6 Å². The first kappa shape index (κ1) is 17.5. The van der Waals surface area contributed by atoms with E-state index in [9.17, 15) is 9.59 Å². The summed E-state index contributed by atoms with van der Waals surface area (Å²) in [4.78, 5) is 22.7. The van der Waals surface area contributed by atoms with E-state index in [0.29, 0.717) is 12.8 Å². The van der Waals surface area contributed by atoms with Crippen LogP contribution in [0.25, 0.3) is 0 Å². The van der Waals surface area contributed by atoms with E-state index >= 15 is 0 Å². The third-order valence-electron chi connectivity index (χ3n) is 2.32. The molecule has 0 N–H and O–H groups in total. The molecule has 0 aromatic heterocycles. The number of hydrogen-bond donors (Lipinski definition) is 0. The van der Waals surface area contributed by atoms with E-state index in [0.717, 1.165) is 13.0 Å². The van der Waals surface area contributed by atoms with Crippen LogP contribution in [-0.2, 0) is 9.59 Å². The van der Waals surface area contributed by atoms with Crippen molar-refractivity contribution in [1.29, 1.82) is 0 Å². The molecule has 16 heavy (non-hydrogen) atoms. The second-order valence-corrected chi connectivity index (χ2v) is 3.93. The fourth-order valence-electron chi connectivity index (χ4n) is 0.994. The maximum Gasteiger partial charge on any atom is 0.222 e. The highest BCUT2D eigenvalue weighted by Gasteiger charge is 2.03. The van der Waals surface area contributed by atoms with Gasteiger partial charge in [-0.1, -0.05) is 33.6 Å². The summed E-state index contributed by atoms with van der Waals surface area (Å²) >= 11 is 0. The number of carbonyl (C=O) groups excluding carboxylic acids is 2. The van der Waals surface area contributed by atoms with E-state index in [1.54, 1.807) is 6.92 Å². The Morgan fingerprint density at radius 2 is 1.50 bits per heavy atom. The van der Waals surface area contributed by atoms with Crippen LogP contribution in [0.15, 0.2) is 0 Å². The van der Waals surface area contributed by atoms with Crippen LogP contribution in [0.1, 0.15) is 59.8 Å². The number of Topliss-reactive ketones (excluding diaryl/α,β-unsaturated/α-hetero) is 1. The molecule has 0 radical (unpaired) electrons. The van der Waals surface area contributed by atoms with E-state index < -0.39 is 0 Å². The van der Waals surface area contributed by atoms with Gasteiger partial charge in [0.15, 0.2) is 0 Å². The van der Waals surface area contributed by atoms with Crippen molar-refractivity contribution < 1.29 is 9.59 Å². The molecule has 0 rings (SSSR count). The van der Waals surface area contributed by atoms with E-state index in [1.165, 1.54) is 12.8 Å². The maximum atomic E-state index is 11.0. The summed E-state index contributed by atoms with van der Waals surface area (Å²) in [5.41, 5.74) is 0. The summed E-state index contributed by atoms with van der Waals surface area (Å²) in [7, 11) is 1.88. The van der Waals surface area contributed by atoms with Crippen LogP contribution in [0, 0.1) is 0 Å². The van der Waals surface area contributed by atoms with Crippen molar-refractivity contribution in [3.8, 4) is 0 Å². The number of amides is 1. The molecule has 1 amide bonds. The van der Waals surface area contributed by atoms with E-state index in [4.69, 9.17) is 0 Å². The fraction of sp³-hybridized carbons (Fsp3) is 0.846. The first-order chi connectivity index (χ1) is 7.49. The molecular weight excluding hydrogens is 202 g/mol. The van der Waals surface area contributed by atoms with Crippen LogP contribution in [0.2, 0.25) is 0 Å². The van der Waals surface area contributed by atoms with Crippen molar-refractivity contribution >= 4 is 11.7 Å². The lowest BCUT2D eigenvalue weighted by Gasteiger charge is -2.15. The first-order valence-corrected chi connectivity index (χ1v) is 6.22. The highest BCUT2D eigenvalue weighted by atomic mass is 16.2. The smallest absolute Gasteiger partial charge is 0.222 e. The van der Waals surface area contributed by atoms with Gasteiger partial charge in [0, 0.05) is 26.4 Å². The standard InChI is InChI=1S/C9H19NO.C4H8O/c1-4-6-7-8-10(3)9(11)5-2;1-3-4(2)5/h4-8H2,1-3H3;3H2,1-2H3. The molecule has 0 aromatic carbocycles. The molecule has 3 heteroatoms. The second-order valence-electron chi connectivity index (χ2n) is 3.93. The van der Waals surface area contributed by atoms with Crippen molar-refractivity contribution in [1.82, 2.24) is 4.90 Å². The summed E-state index contributed by atoms with van der Waals surface area (Å²) in [6.07, 6.45) is 4.87. The molecule has 0 aliphatic carbocycles. The normalized spacial score (nSPS) is 9.06. The molecule has 0 heterocycles. The Hall–Kier alpha value is -0.860. The number of nitrogens with zero attached hydrogens (tertiary/aromatic N) is 1. The lowest BCUT2D eigenvalue weighted by molar-refractivity contribution is -0.129. The van der Waals surface area contributed by atoms with Crippen LogP contribution >= 0.6 is 0 Å². The largest absolute Gasteiger partial charge is 0.346 e. The van der Waals surface area contributed by atoms with Gasteiger partial charge in [-0.3, -0.25) is 4.79 Å². The minimum atomic E-state index is 0.251. The highest BCUT2D eigenvalue weighted by molar-refractivity contribution is 5.75. The Morgan fingerprint density at radius 3 is 1.81 bits per heavy atom. The number of ketones is 1. The Labute approximate surface area is 100 Å². The predicted octanol–water partition coefficient (Wildman–Crippen LogP) is 3.03. The van der Waals surface area contributed by atoms with Crippen LogP contribution in [0.5, 0.6) is 0 Å². The topological polar surface area (TPSA) is 37.4 Å². The molecule has 3 nitrogen and oxygen atoms in total. The van der Waals surface area contributed by atoms with Gasteiger partial charge in [0.05, 0.1) is 0 Å². The lowest BCUT2D eigenvalue weighted by atomic mass is 10.2. The Balaban J connectivity index is 0. The molecule has 0 atom stereocenters. The van der Waals surface area contributed by atoms with E-state index in [1.807, 2.05) is 25.8 Å². The van der Waals surface area contributed by atoms with Crippen molar-refractivity contribution in [2.45, 2.75) is 59.8 Å². The van der Waals surface area contributed by atoms with Crippen molar-refractivity contribution in [3.63, 3.8) is 0 Å². The van der Waals surface area contributed by atoms with Crippen molar-refractivity contribution in [2.24, 2.45) is 0 Å². The van der Waals surface area contributed by atoms with Gasteiger partial charge in [-0.2, -0.15) is 0 Å². The third kappa shape index (κ3) is 13.1. The van der Waals surface area contributed by atoms with Crippen LogP contribution in [0.3, 0.4) is 0 Å². The first-order valence-electron chi connectivity index (χ1n) is 6.22. The number of carbonyl (C=O) groups is 2. The second kappa shape index (κ2) is 12.2. The van der Waals surface area contributed by atoms with Crippen LogP contribution in [-0.4, -0.2) is 30.2 Å². The monoisotopic (exact) mass is 229 g/mol. The molecule has 0 aromatic rings. The molecule has 0 saturated carbocycles. The average molecular weight is 229 g/mol. The minimum Gasteiger partial charge on any atom is -0.346 e. The molecule has 0 bridgehead atoms. The van der Waals surface area contributed by atoms with Gasteiger partial charge in [-0.15, -0.1) is 0 Å². The van der Waals surface area contributed by atoms with Crippen molar-refractivity contribution in [3.05, 3.63) is 0 Å². The SMILES string of the molecule is CCC(C)=O.CCCCCN(C)C(=O)CC. The summed E-state index contributed by atoms with van der Waals surface area (Å²) < 4.78 is 0. The minimum absolute atomic E-state index is 0.251.